The lowest BCUT2D eigenvalue weighted by atomic mass is 10.1. The van der Waals surface area contributed by atoms with Crippen molar-refractivity contribution in [1.82, 2.24) is 10.2 Å². The number of rotatable bonds is 5. The van der Waals surface area contributed by atoms with Crippen molar-refractivity contribution >= 4 is 24.0 Å². The number of urea groups is 1. The molecule has 0 unspecified atom stereocenters. The Morgan fingerprint density at radius 3 is 2.69 bits per heavy atom. The third kappa shape index (κ3) is 3.35. The van der Waals surface area contributed by atoms with Crippen molar-refractivity contribution < 1.29 is 37.7 Å². The van der Waals surface area contributed by atoms with Gasteiger partial charge in [-0.2, -0.15) is 0 Å². The fraction of sp³-hybridized carbons (Fsp3) is 0.211. The quantitative estimate of drug-likeness (QED) is 0.460. The number of benzene rings is 1. The van der Waals surface area contributed by atoms with E-state index in [1.807, 2.05) is 0 Å². The fourth-order valence-corrected chi connectivity index (χ4v) is 2.93. The lowest BCUT2D eigenvalue weighted by molar-refractivity contribution is -0.123. The molecule has 150 valence electrons. The van der Waals surface area contributed by atoms with Crippen LogP contribution in [0.4, 0.5) is 4.79 Å². The molecule has 1 saturated heterocycles. The summed E-state index contributed by atoms with van der Waals surface area (Å²) >= 11 is 0. The van der Waals surface area contributed by atoms with Gasteiger partial charge in [0.25, 0.3) is 5.91 Å². The minimum atomic E-state index is -0.649. The van der Waals surface area contributed by atoms with Gasteiger partial charge in [0.1, 0.15) is 17.2 Å². The van der Waals surface area contributed by atoms with Gasteiger partial charge >= 0.3 is 12.0 Å². The van der Waals surface area contributed by atoms with E-state index in [0.29, 0.717) is 22.8 Å². The molecular weight excluding hydrogens is 384 g/mol. The van der Waals surface area contributed by atoms with Crippen molar-refractivity contribution in [2.45, 2.75) is 6.54 Å². The monoisotopic (exact) mass is 400 g/mol. The van der Waals surface area contributed by atoms with E-state index in [2.05, 4.69) is 10.1 Å². The summed E-state index contributed by atoms with van der Waals surface area (Å²) in [6.07, 6.45) is 1.49. The Morgan fingerprint density at radius 1 is 1.21 bits per heavy atom. The first-order valence-electron chi connectivity index (χ1n) is 8.49. The number of nitrogens with zero attached hydrogens (tertiary/aromatic N) is 1. The Bertz CT molecular complexity index is 1040. The average Bonchev–Trinajstić information content (AvgIpc) is 3.43. The second kappa shape index (κ2) is 7.23. The average molecular weight is 400 g/mol. The van der Waals surface area contributed by atoms with Crippen LogP contribution in [0.1, 0.15) is 21.9 Å². The molecule has 2 aromatic rings. The first kappa shape index (κ1) is 18.4. The van der Waals surface area contributed by atoms with E-state index in [9.17, 15) is 14.4 Å². The molecule has 1 fully saturated rings. The molecule has 0 radical (unpaired) electrons. The maximum Gasteiger partial charge on any atom is 0.373 e. The molecule has 1 N–H and O–H groups in total. The SMILES string of the molecule is COC(=O)c1ccc(CN2C(=O)N/C(=C\c3cc4c(cc3OC)OCO4)C2=O)o1. The molecule has 1 aromatic carbocycles. The first-order chi connectivity index (χ1) is 14.0. The van der Waals surface area contributed by atoms with E-state index >= 15 is 0 Å². The van der Waals surface area contributed by atoms with Gasteiger partial charge in [-0.3, -0.25) is 9.69 Å². The van der Waals surface area contributed by atoms with Crippen LogP contribution in [0.5, 0.6) is 17.2 Å². The van der Waals surface area contributed by atoms with E-state index < -0.39 is 17.9 Å². The normalized spacial score (nSPS) is 16.3. The van der Waals surface area contributed by atoms with Crippen LogP contribution < -0.4 is 19.5 Å². The van der Waals surface area contributed by atoms with E-state index in [1.165, 1.54) is 32.4 Å². The highest BCUT2D eigenvalue weighted by atomic mass is 16.7. The van der Waals surface area contributed by atoms with Gasteiger partial charge in [0.15, 0.2) is 11.5 Å². The Morgan fingerprint density at radius 2 is 1.97 bits per heavy atom. The van der Waals surface area contributed by atoms with Crippen molar-refractivity contribution in [1.29, 1.82) is 0 Å². The Hall–Kier alpha value is -3.95. The summed E-state index contributed by atoms with van der Waals surface area (Å²) in [5.74, 6) is 0.542. The van der Waals surface area contributed by atoms with Crippen molar-refractivity contribution in [2.75, 3.05) is 21.0 Å². The molecule has 1 aromatic heterocycles. The Labute approximate surface area is 164 Å². The summed E-state index contributed by atoms with van der Waals surface area (Å²) in [6, 6.07) is 5.59. The Balaban J connectivity index is 1.57. The lowest BCUT2D eigenvalue weighted by Crippen LogP contribution is -2.30. The highest BCUT2D eigenvalue weighted by molar-refractivity contribution is 6.14. The number of amides is 3. The molecule has 29 heavy (non-hydrogen) atoms. The van der Waals surface area contributed by atoms with Crippen LogP contribution in [0.3, 0.4) is 0 Å². The molecular formula is C19H16N2O8. The molecule has 2 aliphatic rings. The van der Waals surface area contributed by atoms with Gasteiger partial charge in [-0.1, -0.05) is 0 Å². The molecule has 10 nitrogen and oxygen atoms in total. The zero-order valence-corrected chi connectivity index (χ0v) is 15.5. The number of methoxy groups -OCH3 is 2. The van der Waals surface area contributed by atoms with Crippen LogP contribution in [0.25, 0.3) is 6.08 Å². The summed E-state index contributed by atoms with van der Waals surface area (Å²) in [5.41, 5.74) is 0.597. The molecule has 0 bridgehead atoms. The second-order valence-electron chi connectivity index (χ2n) is 6.08. The molecule has 0 spiro atoms. The van der Waals surface area contributed by atoms with Gasteiger partial charge in [-0.15, -0.1) is 0 Å². The van der Waals surface area contributed by atoms with E-state index in [0.717, 1.165) is 4.90 Å². The summed E-state index contributed by atoms with van der Waals surface area (Å²) in [5, 5.41) is 2.52. The number of imide groups is 1. The number of hydrogen-bond acceptors (Lipinski definition) is 8. The maximum absolute atomic E-state index is 12.7. The van der Waals surface area contributed by atoms with Crippen LogP contribution in [-0.4, -0.2) is 43.8 Å². The molecule has 0 saturated carbocycles. The minimum absolute atomic E-state index is 0.0181. The van der Waals surface area contributed by atoms with E-state index in [1.54, 1.807) is 12.1 Å². The van der Waals surface area contributed by atoms with Gasteiger partial charge in [0.2, 0.25) is 12.6 Å². The van der Waals surface area contributed by atoms with Gasteiger partial charge in [-0.05, 0) is 24.3 Å². The highest BCUT2D eigenvalue weighted by Crippen LogP contribution is 2.39. The molecule has 2 aliphatic heterocycles. The van der Waals surface area contributed by atoms with Gasteiger partial charge in [-0.25, -0.2) is 9.59 Å². The number of furan rings is 1. The smallest absolute Gasteiger partial charge is 0.373 e. The van der Waals surface area contributed by atoms with Crippen molar-refractivity contribution in [3.63, 3.8) is 0 Å². The van der Waals surface area contributed by atoms with Crippen molar-refractivity contribution in [3.05, 3.63) is 47.0 Å². The first-order valence-corrected chi connectivity index (χ1v) is 8.49. The van der Waals surface area contributed by atoms with Crippen LogP contribution in [0, 0.1) is 0 Å². The molecule has 4 rings (SSSR count). The molecule has 3 amide bonds. The number of esters is 1. The summed E-state index contributed by atoms with van der Waals surface area (Å²) in [7, 11) is 2.71. The zero-order chi connectivity index (χ0) is 20.5. The van der Waals surface area contributed by atoms with Crippen LogP contribution in [-0.2, 0) is 16.1 Å². The zero-order valence-electron chi connectivity index (χ0n) is 15.5. The van der Waals surface area contributed by atoms with E-state index in [4.69, 9.17) is 18.6 Å². The lowest BCUT2D eigenvalue weighted by Gasteiger charge is -2.09. The topological polar surface area (TPSA) is 117 Å². The standard InChI is InChI=1S/C19H16N2O8/c1-25-14-7-16-15(27-9-28-16)6-10(14)5-12-17(22)21(19(24)20-12)8-11-3-4-13(29-11)18(23)26-2/h3-7H,8-9H2,1-2H3,(H,20,24)/b12-5-. The molecule has 3 heterocycles. The molecule has 0 atom stereocenters. The predicted molar refractivity (Wildman–Crippen MR) is 96.2 cm³/mol. The second-order valence-corrected chi connectivity index (χ2v) is 6.08. The third-order valence-corrected chi connectivity index (χ3v) is 4.35. The van der Waals surface area contributed by atoms with Crippen LogP contribution in [0.15, 0.2) is 34.4 Å². The van der Waals surface area contributed by atoms with Crippen molar-refractivity contribution in [2.24, 2.45) is 0 Å². The van der Waals surface area contributed by atoms with Gasteiger partial charge < -0.3 is 28.7 Å². The summed E-state index contributed by atoms with van der Waals surface area (Å²) < 4.78 is 25.9. The number of fused-ring (bicyclic) bond motifs is 1. The number of carbonyl (C=O) groups is 3. The summed E-state index contributed by atoms with van der Waals surface area (Å²) in [4.78, 5) is 37.4. The predicted octanol–water partition coefficient (Wildman–Crippen LogP) is 1.90. The maximum atomic E-state index is 12.7. The highest BCUT2D eigenvalue weighted by Gasteiger charge is 2.34. The van der Waals surface area contributed by atoms with E-state index in [-0.39, 0.29) is 30.6 Å². The van der Waals surface area contributed by atoms with Crippen molar-refractivity contribution in [3.8, 4) is 17.2 Å². The number of nitrogens with one attached hydrogen (secondary N) is 1. The van der Waals surface area contributed by atoms with Gasteiger partial charge in [0.05, 0.1) is 20.8 Å². The third-order valence-electron chi connectivity index (χ3n) is 4.35. The number of carbonyl (C=O) groups excluding carboxylic acids is 3. The Kier molecular flexibility index (Phi) is 4.59. The molecule has 0 aliphatic carbocycles. The minimum Gasteiger partial charge on any atom is -0.496 e. The molecule has 10 heteroatoms. The van der Waals surface area contributed by atoms with Crippen LogP contribution >= 0.6 is 0 Å². The summed E-state index contributed by atoms with van der Waals surface area (Å²) in [6.45, 7) is -0.0457. The van der Waals surface area contributed by atoms with Crippen LogP contribution in [0.2, 0.25) is 0 Å². The fourth-order valence-electron chi connectivity index (χ4n) is 2.93. The number of ether oxygens (including phenoxy) is 4. The largest absolute Gasteiger partial charge is 0.496 e. The number of hydrogen-bond donors (Lipinski definition) is 1. The van der Waals surface area contributed by atoms with Gasteiger partial charge in [0, 0.05) is 11.6 Å².